The third-order valence-corrected chi connectivity index (χ3v) is 4.96. The summed E-state index contributed by atoms with van der Waals surface area (Å²) in [4.78, 5) is 25.2. The first-order valence-electron chi connectivity index (χ1n) is 6.37. The van der Waals surface area contributed by atoms with Crippen molar-refractivity contribution < 1.29 is 18.0 Å². The van der Waals surface area contributed by atoms with Gasteiger partial charge in [-0.3, -0.25) is 19.8 Å². The number of hydrogen-bond donors (Lipinski definition) is 1. The van der Waals surface area contributed by atoms with Crippen LogP contribution in [0.1, 0.15) is 26.7 Å². The van der Waals surface area contributed by atoms with Crippen molar-refractivity contribution >= 4 is 21.7 Å². The second-order valence-electron chi connectivity index (χ2n) is 5.05. The predicted octanol–water partition coefficient (Wildman–Crippen LogP) is -0.187. The first-order valence-corrected chi connectivity index (χ1v) is 8.08. The SMILES string of the molecule is CCC(C)N1C(=O)CC(NC2C=CS(=O)(=O)C2)C1=O. The standard InChI is InChI=1S/C12H18N2O4S/c1-3-8(2)14-11(15)6-10(12(14)16)13-9-4-5-19(17,18)7-9/h4-5,8-10,13H,3,6-7H2,1-2H3. The molecule has 2 heterocycles. The second-order valence-corrected chi connectivity index (χ2v) is 6.98. The number of carbonyl (C=O) groups is 2. The summed E-state index contributed by atoms with van der Waals surface area (Å²) in [5, 5.41) is 4.10. The maximum absolute atomic E-state index is 12.1. The van der Waals surface area contributed by atoms with Gasteiger partial charge in [-0.05, 0) is 13.3 Å². The van der Waals surface area contributed by atoms with Gasteiger partial charge in [0.1, 0.15) is 0 Å². The molecule has 2 amide bonds. The third-order valence-electron chi connectivity index (χ3n) is 3.56. The normalized spacial score (nSPS) is 31.2. The Morgan fingerprint density at radius 1 is 1.47 bits per heavy atom. The van der Waals surface area contributed by atoms with Crippen molar-refractivity contribution in [1.29, 1.82) is 0 Å². The van der Waals surface area contributed by atoms with Crippen molar-refractivity contribution in [2.45, 2.75) is 44.8 Å². The number of hydrogen-bond acceptors (Lipinski definition) is 5. The average molecular weight is 286 g/mol. The summed E-state index contributed by atoms with van der Waals surface area (Å²) in [7, 11) is -3.16. The molecule has 1 N–H and O–H groups in total. The van der Waals surface area contributed by atoms with Gasteiger partial charge in [-0.1, -0.05) is 13.0 Å². The molecule has 2 rings (SSSR count). The molecule has 1 fully saturated rings. The zero-order valence-electron chi connectivity index (χ0n) is 11.0. The van der Waals surface area contributed by atoms with E-state index >= 15 is 0 Å². The molecule has 0 radical (unpaired) electrons. The zero-order chi connectivity index (χ0) is 14.2. The van der Waals surface area contributed by atoms with E-state index in [0.717, 1.165) is 5.41 Å². The van der Waals surface area contributed by atoms with Crippen molar-refractivity contribution in [2.75, 3.05) is 5.75 Å². The number of nitrogens with one attached hydrogen (secondary N) is 1. The molecule has 6 nitrogen and oxygen atoms in total. The van der Waals surface area contributed by atoms with Crippen LogP contribution >= 0.6 is 0 Å². The lowest BCUT2D eigenvalue weighted by atomic mass is 10.2. The fraction of sp³-hybridized carbons (Fsp3) is 0.667. The van der Waals surface area contributed by atoms with Gasteiger partial charge in [-0.2, -0.15) is 0 Å². The molecule has 0 aromatic carbocycles. The predicted molar refractivity (Wildman–Crippen MR) is 69.9 cm³/mol. The van der Waals surface area contributed by atoms with Gasteiger partial charge < -0.3 is 0 Å². The largest absolute Gasteiger partial charge is 0.298 e. The lowest BCUT2D eigenvalue weighted by Gasteiger charge is -2.22. The maximum atomic E-state index is 12.1. The van der Waals surface area contributed by atoms with E-state index in [1.54, 1.807) is 0 Å². The summed E-state index contributed by atoms with van der Waals surface area (Å²) in [6.07, 6.45) is 2.34. The molecule has 1 saturated heterocycles. The smallest absolute Gasteiger partial charge is 0.247 e. The van der Waals surface area contributed by atoms with Crippen LogP contribution in [0, 0.1) is 0 Å². The first-order chi connectivity index (χ1) is 8.84. The molecule has 3 atom stereocenters. The van der Waals surface area contributed by atoms with Crippen molar-refractivity contribution in [3.63, 3.8) is 0 Å². The lowest BCUT2D eigenvalue weighted by Crippen LogP contribution is -2.46. The van der Waals surface area contributed by atoms with Crippen LogP contribution in [0.15, 0.2) is 11.5 Å². The van der Waals surface area contributed by atoms with Crippen LogP contribution in [0.2, 0.25) is 0 Å². The van der Waals surface area contributed by atoms with E-state index in [1.165, 1.54) is 11.0 Å². The molecule has 0 bridgehead atoms. The third kappa shape index (κ3) is 2.87. The monoisotopic (exact) mass is 286 g/mol. The van der Waals surface area contributed by atoms with E-state index in [2.05, 4.69) is 5.32 Å². The summed E-state index contributed by atoms with van der Waals surface area (Å²) >= 11 is 0. The molecule has 0 spiro atoms. The van der Waals surface area contributed by atoms with Crippen LogP contribution in [0.4, 0.5) is 0 Å². The van der Waals surface area contributed by atoms with E-state index in [-0.39, 0.29) is 36.1 Å². The van der Waals surface area contributed by atoms with Crippen molar-refractivity contribution in [3.05, 3.63) is 11.5 Å². The van der Waals surface area contributed by atoms with E-state index in [4.69, 9.17) is 0 Å². The Hall–Kier alpha value is -1.21. The summed E-state index contributed by atoms with van der Waals surface area (Å²) in [6, 6.07) is -1.11. The second kappa shape index (κ2) is 5.05. The fourth-order valence-electron chi connectivity index (χ4n) is 2.36. The molecule has 0 aliphatic carbocycles. The molecule has 3 unspecified atom stereocenters. The molecular weight excluding hydrogens is 268 g/mol. The zero-order valence-corrected chi connectivity index (χ0v) is 11.8. The molecule has 19 heavy (non-hydrogen) atoms. The highest BCUT2D eigenvalue weighted by molar-refractivity contribution is 7.94. The number of carbonyl (C=O) groups excluding carboxylic acids is 2. The van der Waals surface area contributed by atoms with Crippen LogP contribution in [0.5, 0.6) is 0 Å². The molecule has 0 aromatic rings. The van der Waals surface area contributed by atoms with Crippen LogP contribution in [-0.2, 0) is 19.4 Å². The Labute approximate surface area is 112 Å². The first kappa shape index (κ1) is 14.2. The molecule has 2 aliphatic rings. The molecule has 106 valence electrons. The van der Waals surface area contributed by atoms with Crippen molar-refractivity contribution in [1.82, 2.24) is 10.2 Å². The number of imide groups is 1. The topological polar surface area (TPSA) is 83.6 Å². The molecule has 2 aliphatic heterocycles. The number of rotatable bonds is 4. The number of nitrogens with zero attached hydrogens (tertiary/aromatic N) is 1. The molecule has 7 heteroatoms. The lowest BCUT2D eigenvalue weighted by molar-refractivity contribution is -0.141. The minimum atomic E-state index is -3.16. The van der Waals surface area contributed by atoms with Gasteiger partial charge >= 0.3 is 0 Å². The summed E-state index contributed by atoms with van der Waals surface area (Å²) in [6.45, 7) is 3.75. The number of amides is 2. The van der Waals surface area contributed by atoms with Crippen LogP contribution in [0.3, 0.4) is 0 Å². The van der Waals surface area contributed by atoms with Crippen LogP contribution in [0.25, 0.3) is 0 Å². The Balaban J connectivity index is 2.02. The van der Waals surface area contributed by atoms with Gasteiger partial charge in [0.25, 0.3) is 0 Å². The minimum absolute atomic E-state index is 0.0473. The fourth-order valence-corrected chi connectivity index (χ4v) is 3.61. The van der Waals surface area contributed by atoms with Gasteiger partial charge in [0.05, 0.1) is 18.2 Å². The highest BCUT2D eigenvalue weighted by Crippen LogP contribution is 2.19. The minimum Gasteiger partial charge on any atom is -0.298 e. The summed E-state index contributed by atoms with van der Waals surface area (Å²) in [5.74, 6) is -0.493. The Morgan fingerprint density at radius 3 is 2.68 bits per heavy atom. The number of sulfone groups is 1. The van der Waals surface area contributed by atoms with Crippen molar-refractivity contribution in [2.24, 2.45) is 0 Å². The van der Waals surface area contributed by atoms with E-state index in [9.17, 15) is 18.0 Å². The Bertz CT molecular complexity index is 526. The number of likely N-dealkylation sites (tertiary alicyclic amines) is 1. The van der Waals surface area contributed by atoms with Gasteiger partial charge in [0.15, 0.2) is 9.84 Å². The summed E-state index contributed by atoms with van der Waals surface area (Å²) in [5.41, 5.74) is 0. The van der Waals surface area contributed by atoms with Crippen LogP contribution in [-0.4, -0.2) is 49.0 Å². The highest BCUT2D eigenvalue weighted by Gasteiger charge is 2.41. The van der Waals surface area contributed by atoms with E-state index in [0.29, 0.717) is 6.42 Å². The van der Waals surface area contributed by atoms with Gasteiger partial charge in [-0.25, -0.2) is 8.42 Å². The summed E-state index contributed by atoms with van der Waals surface area (Å²) < 4.78 is 22.6. The van der Waals surface area contributed by atoms with Crippen LogP contribution < -0.4 is 5.32 Å². The Kier molecular flexibility index (Phi) is 3.78. The quantitative estimate of drug-likeness (QED) is 0.724. The van der Waals surface area contributed by atoms with E-state index < -0.39 is 15.9 Å². The van der Waals surface area contributed by atoms with Gasteiger partial charge in [-0.15, -0.1) is 0 Å². The van der Waals surface area contributed by atoms with Gasteiger partial charge in [0.2, 0.25) is 11.8 Å². The highest BCUT2D eigenvalue weighted by atomic mass is 32.2. The van der Waals surface area contributed by atoms with Crippen molar-refractivity contribution in [3.8, 4) is 0 Å². The molecule has 0 aromatic heterocycles. The Morgan fingerprint density at radius 2 is 2.16 bits per heavy atom. The maximum Gasteiger partial charge on any atom is 0.247 e. The van der Waals surface area contributed by atoms with E-state index in [1.807, 2.05) is 13.8 Å². The average Bonchev–Trinajstić information content (AvgIpc) is 2.80. The van der Waals surface area contributed by atoms with Gasteiger partial charge in [0, 0.05) is 17.5 Å². The molecule has 0 saturated carbocycles. The molecular formula is C12H18N2O4S.